The number of furan rings is 1. The lowest BCUT2D eigenvalue weighted by Crippen LogP contribution is -2.50. The molecule has 0 spiro atoms. The van der Waals surface area contributed by atoms with Crippen molar-refractivity contribution in [1.82, 2.24) is 9.80 Å². The second-order valence-electron chi connectivity index (χ2n) is 7.18. The number of amides is 2. The molecule has 2 heterocycles. The summed E-state index contributed by atoms with van der Waals surface area (Å²) in [4.78, 5) is 28.5. The maximum Gasteiger partial charge on any atom is 0.289 e. The lowest BCUT2D eigenvalue weighted by atomic mass is 10.2. The molecule has 158 valence electrons. The van der Waals surface area contributed by atoms with Crippen molar-refractivity contribution in [1.29, 1.82) is 0 Å². The van der Waals surface area contributed by atoms with Crippen molar-refractivity contribution < 1.29 is 14.0 Å². The molecule has 8 nitrogen and oxygen atoms in total. The Morgan fingerprint density at radius 2 is 1.52 bits per heavy atom. The van der Waals surface area contributed by atoms with Gasteiger partial charge in [0.1, 0.15) is 0 Å². The molecule has 3 aromatic rings. The summed E-state index contributed by atoms with van der Waals surface area (Å²) < 4.78 is 5.17. The van der Waals surface area contributed by atoms with Gasteiger partial charge in [0.2, 0.25) is 5.91 Å². The molecule has 1 saturated heterocycles. The van der Waals surface area contributed by atoms with Crippen molar-refractivity contribution in [3.05, 3.63) is 78.8 Å². The van der Waals surface area contributed by atoms with Crippen LogP contribution in [-0.4, -0.2) is 54.3 Å². The molecule has 31 heavy (non-hydrogen) atoms. The largest absolute Gasteiger partial charge is 0.459 e. The fourth-order valence-corrected chi connectivity index (χ4v) is 3.29. The zero-order valence-electron chi connectivity index (χ0n) is 17.0. The van der Waals surface area contributed by atoms with Gasteiger partial charge in [-0.05, 0) is 48.5 Å². The fourth-order valence-electron chi connectivity index (χ4n) is 3.29. The summed E-state index contributed by atoms with van der Waals surface area (Å²) in [5.41, 5.74) is 2.19. The van der Waals surface area contributed by atoms with E-state index in [0.29, 0.717) is 43.3 Å². The Kier molecular flexibility index (Phi) is 6.49. The second-order valence-corrected chi connectivity index (χ2v) is 7.18. The number of anilines is 1. The molecular formula is C23H23N5O3. The molecule has 1 aliphatic rings. The fraction of sp³-hybridized carbons (Fsp3) is 0.217. The summed E-state index contributed by atoms with van der Waals surface area (Å²) in [5, 5.41) is 11.3. The van der Waals surface area contributed by atoms with Crippen molar-refractivity contribution in [3.63, 3.8) is 0 Å². The van der Waals surface area contributed by atoms with Crippen LogP contribution in [-0.2, 0) is 4.79 Å². The molecule has 1 fully saturated rings. The first-order valence-corrected chi connectivity index (χ1v) is 10.1. The lowest BCUT2D eigenvalue weighted by Gasteiger charge is -2.33. The van der Waals surface area contributed by atoms with Crippen molar-refractivity contribution in [2.24, 2.45) is 10.2 Å². The third kappa shape index (κ3) is 5.64. The normalized spacial score (nSPS) is 14.6. The van der Waals surface area contributed by atoms with Gasteiger partial charge in [0.05, 0.1) is 24.2 Å². The Hall–Kier alpha value is -3.78. The van der Waals surface area contributed by atoms with E-state index in [1.807, 2.05) is 35.2 Å². The highest BCUT2D eigenvalue weighted by atomic mass is 16.3. The zero-order chi connectivity index (χ0) is 21.5. The number of nitrogens with zero attached hydrogens (tertiary/aromatic N) is 4. The van der Waals surface area contributed by atoms with Crippen LogP contribution >= 0.6 is 0 Å². The van der Waals surface area contributed by atoms with E-state index in [1.165, 1.54) is 6.26 Å². The molecule has 0 bridgehead atoms. The molecule has 0 aliphatic carbocycles. The van der Waals surface area contributed by atoms with Gasteiger partial charge in [-0.3, -0.25) is 14.5 Å². The van der Waals surface area contributed by atoms with Crippen molar-refractivity contribution in [3.8, 4) is 0 Å². The first-order valence-electron chi connectivity index (χ1n) is 10.1. The number of hydrogen-bond donors (Lipinski definition) is 1. The SMILES string of the molecule is O=C(CN1CCN(C(=O)c2ccco2)CC1)Nc1ccc(N=Nc2ccccc2)cc1. The average Bonchev–Trinajstić information content (AvgIpc) is 3.34. The number of carbonyl (C=O) groups excluding carboxylic acids is 2. The Bertz CT molecular complexity index is 1020. The van der Waals surface area contributed by atoms with Crippen molar-refractivity contribution >= 4 is 28.9 Å². The molecule has 1 aromatic heterocycles. The van der Waals surface area contributed by atoms with Crippen LogP contribution in [0.25, 0.3) is 0 Å². The summed E-state index contributed by atoms with van der Waals surface area (Å²) in [5.74, 6) is 0.140. The number of nitrogens with one attached hydrogen (secondary N) is 1. The highest BCUT2D eigenvalue weighted by molar-refractivity contribution is 5.93. The van der Waals surface area contributed by atoms with Crippen LogP contribution in [0.3, 0.4) is 0 Å². The van der Waals surface area contributed by atoms with Gasteiger partial charge in [-0.15, -0.1) is 0 Å². The number of azo groups is 1. The van der Waals surface area contributed by atoms with E-state index < -0.39 is 0 Å². The van der Waals surface area contributed by atoms with Crippen LogP contribution in [0.4, 0.5) is 17.1 Å². The van der Waals surface area contributed by atoms with Gasteiger partial charge in [-0.1, -0.05) is 18.2 Å². The minimum Gasteiger partial charge on any atom is -0.459 e. The summed E-state index contributed by atoms with van der Waals surface area (Å²) >= 11 is 0. The number of rotatable bonds is 6. The van der Waals surface area contributed by atoms with Crippen molar-refractivity contribution in [2.45, 2.75) is 0 Å². The van der Waals surface area contributed by atoms with Gasteiger partial charge in [-0.25, -0.2) is 0 Å². The van der Waals surface area contributed by atoms with E-state index in [1.54, 1.807) is 41.3 Å². The topological polar surface area (TPSA) is 90.5 Å². The summed E-state index contributed by atoms with van der Waals surface area (Å²) in [7, 11) is 0. The van der Waals surface area contributed by atoms with E-state index in [-0.39, 0.29) is 18.4 Å². The van der Waals surface area contributed by atoms with Crippen LogP contribution in [0.5, 0.6) is 0 Å². The van der Waals surface area contributed by atoms with Gasteiger partial charge in [0.15, 0.2) is 5.76 Å². The molecule has 0 atom stereocenters. The van der Waals surface area contributed by atoms with Gasteiger partial charge in [0, 0.05) is 31.9 Å². The Morgan fingerprint density at radius 3 is 2.16 bits per heavy atom. The lowest BCUT2D eigenvalue weighted by molar-refractivity contribution is -0.117. The van der Waals surface area contributed by atoms with Crippen LogP contribution < -0.4 is 5.32 Å². The Labute approximate surface area is 180 Å². The smallest absolute Gasteiger partial charge is 0.289 e. The van der Waals surface area contributed by atoms with E-state index >= 15 is 0 Å². The Balaban J connectivity index is 1.23. The molecule has 2 aromatic carbocycles. The van der Waals surface area contributed by atoms with Crippen LogP contribution in [0.1, 0.15) is 10.6 Å². The van der Waals surface area contributed by atoms with Gasteiger partial charge in [-0.2, -0.15) is 10.2 Å². The minimum atomic E-state index is -0.112. The maximum absolute atomic E-state index is 12.4. The molecule has 0 saturated carbocycles. The van der Waals surface area contributed by atoms with Gasteiger partial charge < -0.3 is 14.6 Å². The van der Waals surface area contributed by atoms with Gasteiger partial charge in [0.25, 0.3) is 5.91 Å². The minimum absolute atomic E-state index is 0.0931. The van der Waals surface area contributed by atoms with Crippen molar-refractivity contribution in [2.75, 3.05) is 38.0 Å². The molecule has 1 N–H and O–H groups in total. The van der Waals surface area contributed by atoms with E-state index in [2.05, 4.69) is 15.5 Å². The molecule has 0 unspecified atom stereocenters. The van der Waals surface area contributed by atoms with E-state index in [0.717, 1.165) is 5.69 Å². The monoisotopic (exact) mass is 417 g/mol. The van der Waals surface area contributed by atoms with E-state index in [9.17, 15) is 9.59 Å². The van der Waals surface area contributed by atoms with Crippen LogP contribution in [0, 0.1) is 0 Å². The quantitative estimate of drug-likeness (QED) is 0.612. The molecule has 1 aliphatic heterocycles. The molecule has 4 rings (SSSR count). The van der Waals surface area contributed by atoms with E-state index in [4.69, 9.17) is 4.42 Å². The standard InChI is InChI=1S/C23H23N5O3/c29-22(17-27-12-14-28(15-13-27)23(30)21-7-4-16-31-21)24-18-8-10-20(11-9-18)26-25-19-5-2-1-3-6-19/h1-11,16H,12-15,17H2,(H,24,29). The molecule has 2 amide bonds. The highest BCUT2D eigenvalue weighted by Gasteiger charge is 2.24. The number of benzene rings is 2. The molecule has 0 radical (unpaired) electrons. The predicted octanol–water partition coefficient (Wildman–Crippen LogP) is 4.09. The summed E-state index contributed by atoms with van der Waals surface area (Å²) in [6.07, 6.45) is 1.49. The number of carbonyl (C=O) groups is 2. The Morgan fingerprint density at radius 1 is 0.839 bits per heavy atom. The first-order chi connectivity index (χ1) is 15.2. The second kappa shape index (κ2) is 9.82. The third-order valence-corrected chi connectivity index (χ3v) is 4.95. The highest BCUT2D eigenvalue weighted by Crippen LogP contribution is 2.20. The number of hydrogen-bond acceptors (Lipinski definition) is 6. The zero-order valence-corrected chi connectivity index (χ0v) is 17.0. The summed E-state index contributed by atoms with van der Waals surface area (Å²) in [6.45, 7) is 2.68. The molecule has 8 heteroatoms. The van der Waals surface area contributed by atoms with Crippen LogP contribution in [0.2, 0.25) is 0 Å². The predicted molar refractivity (Wildman–Crippen MR) is 117 cm³/mol. The van der Waals surface area contributed by atoms with Gasteiger partial charge >= 0.3 is 0 Å². The first kappa shape index (κ1) is 20.5. The molecular weight excluding hydrogens is 394 g/mol. The number of piperazine rings is 1. The van der Waals surface area contributed by atoms with Crippen LogP contribution in [0.15, 0.2) is 87.6 Å². The summed E-state index contributed by atoms with van der Waals surface area (Å²) in [6, 6.07) is 20.1. The average molecular weight is 417 g/mol. The third-order valence-electron chi connectivity index (χ3n) is 4.95. The maximum atomic E-state index is 12.4.